The molecule has 50 valence electrons. The van der Waals surface area contributed by atoms with Crippen molar-refractivity contribution in [2.45, 2.75) is 13.8 Å². The molecule has 0 radical (unpaired) electrons. The summed E-state index contributed by atoms with van der Waals surface area (Å²) in [5.41, 5.74) is 0. The largest absolute Gasteiger partial charge is 0.320 e. The Balaban J connectivity index is -0.0000000575. The smallest absolute Gasteiger partial charge is 0 e. The fourth-order valence-electron chi connectivity index (χ4n) is 0. The maximum atomic E-state index is 3.79. The summed E-state index contributed by atoms with van der Waals surface area (Å²) in [5.74, 6) is 0.944. The van der Waals surface area contributed by atoms with E-state index in [-0.39, 0.29) is 31.1 Å². The van der Waals surface area contributed by atoms with Crippen molar-refractivity contribution in [3.8, 4) is 0 Å². The molecule has 0 rings (SSSR count). The molecule has 0 amide bonds. The Hall–Kier alpha value is 1.36. The topological polar surface area (TPSA) is 12.0 Å². The van der Waals surface area contributed by atoms with Gasteiger partial charge in [-0.05, 0) is 19.3 Å². The van der Waals surface area contributed by atoms with E-state index in [0.29, 0.717) is 0 Å². The van der Waals surface area contributed by atoms with Crippen LogP contribution in [0.15, 0.2) is 0 Å². The molecular weight excluding hydrogens is 344 g/mol. The van der Waals surface area contributed by atoms with E-state index < -0.39 is 0 Å². The Bertz CT molecular complexity index is 19.9. The van der Waals surface area contributed by atoms with E-state index in [9.17, 15) is 0 Å². The number of nitrogens with one attached hydrogen (secondary N) is 1. The Labute approximate surface area is 81.8 Å². The minimum absolute atomic E-state index is 0. The van der Waals surface area contributed by atoms with E-state index in [1.54, 1.807) is 0 Å². The zero-order valence-corrected chi connectivity index (χ0v) is 10.9. The first-order valence-electron chi connectivity index (χ1n) is 2.58. The standard InChI is InChI=1S/C3H9N.C2H6S.U/c1-3-4-2;1-2-3;/h4H,3H2,1-2H3;3H,2H2,1H3;. The summed E-state index contributed by atoms with van der Waals surface area (Å²) in [4.78, 5) is 0. The summed E-state index contributed by atoms with van der Waals surface area (Å²) in [6, 6.07) is 0. The van der Waals surface area contributed by atoms with E-state index in [2.05, 4.69) is 24.9 Å². The van der Waals surface area contributed by atoms with Gasteiger partial charge in [0.15, 0.2) is 0 Å². The summed E-state index contributed by atoms with van der Waals surface area (Å²) in [6.45, 7) is 5.13. The third-order valence-electron chi connectivity index (χ3n) is 0.354. The fourth-order valence-corrected chi connectivity index (χ4v) is 0. The zero-order valence-electron chi connectivity index (χ0n) is 5.86. The van der Waals surface area contributed by atoms with Crippen LogP contribution in [0.1, 0.15) is 13.8 Å². The van der Waals surface area contributed by atoms with Gasteiger partial charge >= 0.3 is 0 Å². The number of hydrogen-bond acceptors (Lipinski definition) is 2. The third-order valence-corrected chi connectivity index (χ3v) is 0.354. The molecule has 0 aliphatic heterocycles. The number of hydrogen-bond donors (Lipinski definition) is 2. The predicted molar refractivity (Wildman–Crippen MR) is 39.1 cm³/mol. The van der Waals surface area contributed by atoms with E-state index in [0.717, 1.165) is 12.3 Å². The molecule has 0 aromatic heterocycles. The summed E-state index contributed by atoms with van der Waals surface area (Å²) in [5, 5.41) is 2.93. The van der Waals surface area contributed by atoms with Gasteiger partial charge in [-0.3, -0.25) is 0 Å². The van der Waals surface area contributed by atoms with Gasteiger partial charge < -0.3 is 5.32 Å². The molecule has 0 fully saturated rings. The predicted octanol–water partition coefficient (Wildman–Crippen LogP) is 1.16. The van der Waals surface area contributed by atoms with Crippen molar-refractivity contribution in [2.75, 3.05) is 19.3 Å². The molecule has 0 aromatic carbocycles. The Morgan fingerprint density at radius 3 is 1.50 bits per heavy atom. The molecule has 3 heteroatoms. The molecule has 0 aromatic rings. The van der Waals surface area contributed by atoms with Crippen molar-refractivity contribution in [1.29, 1.82) is 0 Å². The van der Waals surface area contributed by atoms with Crippen LogP contribution in [0.4, 0.5) is 0 Å². The maximum absolute atomic E-state index is 3.79. The summed E-state index contributed by atoms with van der Waals surface area (Å²) in [7, 11) is 1.93. The van der Waals surface area contributed by atoms with Gasteiger partial charge in [0.05, 0.1) is 0 Å². The Morgan fingerprint density at radius 1 is 1.38 bits per heavy atom. The Kier molecular flexibility index (Phi) is 48.2. The van der Waals surface area contributed by atoms with Crippen LogP contribution in [0, 0.1) is 31.1 Å². The first kappa shape index (κ1) is 16.2. The van der Waals surface area contributed by atoms with Crippen LogP contribution in [0.2, 0.25) is 0 Å². The van der Waals surface area contributed by atoms with Gasteiger partial charge in [-0.25, -0.2) is 0 Å². The van der Waals surface area contributed by atoms with Crippen LogP contribution in [0.5, 0.6) is 0 Å². The van der Waals surface area contributed by atoms with Gasteiger partial charge in [-0.15, -0.1) is 0 Å². The molecular formula is C5H15NSU. The fraction of sp³-hybridized carbons (Fsp3) is 1.00. The number of thiol groups is 1. The molecule has 0 heterocycles. The quantitative estimate of drug-likeness (QED) is 0.670. The van der Waals surface area contributed by atoms with Crippen molar-refractivity contribution in [2.24, 2.45) is 0 Å². The molecule has 0 atom stereocenters. The summed E-state index contributed by atoms with van der Waals surface area (Å²) >= 11 is 3.79. The Morgan fingerprint density at radius 2 is 1.50 bits per heavy atom. The van der Waals surface area contributed by atoms with Crippen molar-refractivity contribution < 1.29 is 31.1 Å². The summed E-state index contributed by atoms with van der Waals surface area (Å²) < 4.78 is 0. The van der Waals surface area contributed by atoms with Crippen LogP contribution >= 0.6 is 12.6 Å². The van der Waals surface area contributed by atoms with Gasteiger partial charge in [0, 0.05) is 31.1 Å². The average molecular weight is 359 g/mol. The van der Waals surface area contributed by atoms with E-state index >= 15 is 0 Å². The normalized spacial score (nSPS) is 6.00. The number of rotatable bonds is 1. The first-order chi connectivity index (χ1) is 3.33. The summed E-state index contributed by atoms with van der Waals surface area (Å²) in [6.07, 6.45) is 0. The second-order valence-corrected chi connectivity index (χ2v) is 1.66. The molecule has 0 spiro atoms. The molecule has 1 nitrogen and oxygen atoms in total. The minimum Gasteiger partial charge on any atom is -0.320 e. The van der Waals surface area contributed by atoms with Gasteiger partial charge in [0.25, 0.3) is 0 Å². The van der Waals surface area contributed by atoms with Crippen LogP contribution in [0.3, 0.4) is 0 Å². The van der Waals surface area contributed by atoms with Crippen LogP contribution in [-0.2, 0) is 0 Å². The van der Waals surface area contributed by atoms with E-state index in [1.807, 2.05) is 14.0 Å². The minimum atomic E-state index is 0. The molecule has 0 unspecified atom stereocenters. The molecule has 0 aliphatic carbocycles. The van der Waals surface area contributed by atoms with E-state index in [1.165, 1.54) is 0 Å². The van der Waals surface area contributed by atoms with Crippen molar-refractivity contribution >= 4 is 12.6 Å². The second kappa shape index (κ2) is 23.8. The zero-order chi connectivity index (χ0) is 6.12. The van der Waals surface area contributed by atoms with Crippen molar-refractivity contribution in [3.05, 3.63) is 0 Å². The molecule has 0 saturated heterocycles. The maximum Gasteiger partial charge on any atom is 0 e. The first-order valence-corrected chi connectivity index (χ1v) is 3.22. The van der Waals surface area contributed by atoms with Crippen molar-refractivity contribution in [1.82, 2.24) is 5.32 Å². The van der Waals surface area contributed by atoms with E-state index in [4.69, 9.17) is 0 Å². The second-order valence-electron chi connectivity index (χ2n) is 1.02. The SMILES string of the molecule is CCNC.CCS.[U]. The van der Waals surface area contributed by atoms with Gasteiger partial charge in [-0.1, -0.05) is 13.8 Å². The van der Waals surface area contributed by atoms with Crippen molar-refractivity contribution in [3.63, 3.8) is 0 Å². The van der Waals surface area contributed by atoms with Crippen LogP contribution in [0.25, 0.3) is 0 Å². The monoisotopic (exact) mass is 359 g/mol. The molecule has 0 saturated carbocycles. The van der Waals surface area contributed by atoms with Gasteiger partial charge in [0.1, 0.15) is 0 Å². The van der Waals surface area contributed by atoms with Gasteiger partial charge in [0.2, 0.25) is 0 Å². The molecule has 1 N–H and O–H groups in total. The molecule has 0 bridgehead atoms. The molecule has 0 aliphatic rings. The molecule has 8 heavy (non-hydrogen) atoms. The van der Waals surface area contributed by atoms with Gasteiger partial charge in [-0.2, -0.15) is 12.6 Å². The van der Waals surface area contributed by atoms with Crippen LogP contribution in [-0.4, -0.2) is 19.3 Å². The van der Waals surface area contributed by atoms with Crippen LogP contribution < -0.4 is 5.32 Å². The third kappa shape index (κ3) is 53.4. The average Bonchev–Trinajstić information content (AvgIpc) is 1.69.